The number of hydrogen-bond acceptors (Lipinski definition) is 4. The smallest absolute Gasteiger partial charge is 0.293 e. The maximum atomic E-state index is 12.6. The molecule has 27 heavy (non-hydrogen) atoms. The molecular formula is C21H14BrNO3S. The molecule has 1 aromatic heterocycles. The molecule has 134 valence electrons. The summed E-state index contributed by atoms with van der Waals surface area (Å²) in [6.07, 6.45) is 1.62. The van der Waals surface area contributed by atoms with E-state index in [4.69, 9.17) is 4.42 Å². The van der Waals surface area contributed by atoms with Crippen molar-refractivity contribution in [2.24, 2.45) is 0 Å². The fourth-order valence-corrected chi connectivity index (χ4v) is 3.81. The second kappa shape index (κ2) is 7.58. The van der Waals surface area contributed by atoms with E-state index in [2.05, 4.69) is 15.9 Å². The maximum absolute atomic E-state index is 12.6. The number of halogens is 1. The number of benzene rings is 2. The topological polar surface area (TPSA) is 50.5 Å². The van der Waals surface area contributed by atoms with Crippen LogP contribution in [0.15, 0.2) is 80.5 Å². The zero-order valence-corrected chi connectivity index (χ0v) is 16.5. The third-order valence-corrected chi connectivity index (χ3v) is 5.52. The van der Waals surface area contributed by atoms with E-state index in [-0.39, 0.29) is 17.7 Å². The lowest BCUT2D eigenvalue weighted by molar-refractivity contribution is -0.123. The highest BCUT2D eigenvalue weighted by Gasteiger charge is 2.35. The second-order valence-corrected chi connectivity index (χ2v) is 7.87. The Morgan fingerprint density at radius 1 is 0.963 bits per heavy atom. The summed E-state index contributed by atoms with van der Waals surface area (Å²) in [4.78, 5) is 26.5. The lowest BCUT2D eigenvalue weighted by atomic mass is 10.2. The van der Waals surface area contributed by atoms with Crippen molar-refractivity contribution in [2.75, 3.05) is 0 Å². The first-order valence-corrected chi connectivity index (χ1v) is 9.86. The minimum absolute atomic E-state index is 0.269. The Morgan fingerprint density at radius 3 is 2.44 bits per heavy atom. The molecule has 3 aromatic rings. The number of hydrogen-bond donors (Lipinski definition) is 0. The molecule has 0 saturated carbocycles. The molecular weight excluding hydrogens is 426 g/mol. The number of furan rings is 1. The summed E-state index contributed by atoms with van der Waals surface area (Å²) in [6, 6.07) is 20.9. The number of nitrogens with zero attached hydrogens (tertiary/aromatic N) is 1. The SMILES string of the molecule is O=C1S/C(=C\c2ccc(-c3ccc(Br)cc3)o2)C(=O)N1Cc1ccccc1. The third kappa shape index (κ3) is 3.91. The Kier molecular flexibility index (Phi) is 5.01. The van der Waals surface area contributed by atoms with E-state index in [1.54, 1.807) is 12.1 Å². The number of carbonyl (C=O) groups excluding carboxylic acids is 2. The van der Waals surface area contributed by atoms with Crippen LogP contribution in [0, 0.1) is 0 Å². The summed E-state index contributed by atoms with van der Waals surface area (Å²) in [7, 11) is 0. The second-order valence-electron chi connectivity index (χ2n) is 5.96. The van der Waals surface area contributed by atoms with Gasteiger partial charge >= 0.3 is 0 Å². The monoisotopic (exact) mass is 439 g/mol. The van der Waals surface area contributed by atoms with Crippen molar-refractivity contribution in [2.45, 2.75) is 6.54 Å². The fraction of sp³-hybridized carbons (Fsp3) is 0.0476. The van der Waals surface area contributed by atoms with Crippen LogP contribution in [0.3, 0.4) is 0 Å². The minimum Gasteiger partial charge on any atom is -0.457 e. The van der Waals surface area contributed by atoms with Crippen molar-refractivity contribution in [3.05, 3.63) is 87.4 Å². The molecule has 4 nitrogen and oxygen atoms in total. The van der Waals surface area contributed by atoms with Crippen LogP contribution in [-0.4, -0.2) is 16.0 Å². The van der Waals surface area contributed by atoms with Gasteiger partial charge < -0.3 is 4.42 Å². The summed E-state index contributed by atoms with van der Waals surface area (Å²) < 4.78 is 6.81. The molecule has 1 aliphatic rings. The van der Waals surface area contributed by atoms with Gasteiger partial charge in [-0.1, -0.05) is 58.4 Å². The summed E-state index contributed by atoms with van der Waals surface area (Å²) >= 11 is 4.34. The molecule has 0 spiro atoms. The Bertz CT molecular complexity index is 1030. The van der Waals surface area contributed by atoms with E-state index in [1.165, 1.54) is 4.90 Å². The van der Waals surface area contributed by atoms with Gasteiger partial charge in [-0.3, -0.25) is 14.5 Å². The first-order chi connectivity index (χ1) is 13.1. The van der Waals surface area contributed by atoms with Crippen molar-refractivity contribution in [3.63, 3.8) is 0 Å². The van der Waals surface area contributed by atoms with Gasteiger partial charge in [0.1, 0.15) is 11.5 Å². The van der Waals surface area contributed by atoms with E-state index in [0.717, 1.165) is 27.4 Å². The van der Waals surface area contributed by atoms with E-state index < -0.39 is 0 Å². The van der Waals surface area contributed by atoms with Gasteiger partial charge in [-0.05, 0) is 41.6 Å². The van der Waals surface area contributed by atoms with Crippen molar-refractivity contribution in [3.8, 4) is 11.3 Å². The van der Waals surface area contributed by atoms with Crippen LogP contribution >= 0.6 is 27.7 Å². The molecule has 2 amide bonds. The van der Waals surface area contributed by atoms with E-state index >= 15 is 0 Å². The minimum atomic E-state index is -0.296. The molecule has 0 radical (unpaired) electrons. The highest BCUT2D eigenvalue weighted by molar-refractivity contribution is 9.10. The fourth-order valence-electron chi connectivity index (χ4n) is 2.73. The van der Waals surface area contributed by atoms with Crippen LogP contribution in [0.2, 0.25) is 0 Å². The molecule has 1 aliphatic heterocycles. The molecule has 4 rings (SSSR count). The van der Waals surface area contributed by atoms with Gasteiger partial charge in [-0.2, -0.15) is 0 Å². The zero-order valence-electron chi connectivity index (χ0n) is 14.1. The molecule has 0 atom stereocenters. The number of thioether (sulfide) groups is 1. The van der Waals surface area contributed by atoms with Crippen LogP contribution in [0.1, 0.15) is 11.3 Å². The van der Waals surface area contributed by atoms with E-state index in [1.807, 2.05) is 60.7 Å². The van der Waals surface area contributed by atoms with Crippen LogP contribution in [0.25, 0.3) is 17.4 Å². The first-order valence-electron chi connectivity index (χ1n) is 8.25. The highest BCUT2D eigenvalue weighted by Crippen LogP contribution is 2.34. The molecule has 0 unspecified atom stereocenters. The van der Waals surface area contributed by atoms with Crippen LogP contribution in [0.4, 0.5) is 4.79 Å². The first kappa shape index (κ1) is 17.8. The van der Waals surface area contributed by atoms with Gasteiger partial charge in [0.2, 0.25) is 0 Å². The summed E-state index contributed by atoms with van der Waals surface area (Å²) in [6.45, 7) is 0.269. The molecule has 1 saturated heterocycles. The van der Waals surface area contributed by atoms with E-state index in [9.17, 15) is 9.59 Å². The zero-order chi connectivity index (χ0) is 18.8. The van der Waals surface area contributed by atoms with Gasteiger partial charge in [-0.15, -0.1) is 0 Å². The normalized spacial score (nSPS) is 15.7. The Labute approximate surface area is 169 Å². The molecule has 0 N–H and O–H groups in total. The third-order valence-electron chi connectivity index (χ3n) is 4.09. The lowest BCUT2D eigenvalue weighted by Gasteiger charge is -2.11. The summed E-state index contributed by atoms with van der Waals surface area (Å²) in [5, 5.41) is -0.269. The van der Waals surface area contributed by atoms with Crippen LogP contribution < -0.4 is 0 Å². The molecule has 0 bridgehead atoms. The van der Waals surface area contributed by atoms with Crippen LogP contribution in [-0.2, 0) is 11.3 Å². The van der Waals surface area contributed by atoms with Gasteiger partial charge in [0.15, 0.2) is 0 Å². The van der Waals surface area contributed by atoms with Gasteiger partial charge in [0.25, 0.3) is 11.1 Å². The standard InChI is InChI=1S/C21H14BrNO3S/c22-16-8-6-15(7-9-16)18-11-10-17(26-18)12-19-20(24)23(21(25)27-19)13-14-4-2-1-3-5-14/h1-12H,13H2/b19-12-. The Balaban J connectivity index is 1.53. The predicted molar refractivity (Wildman–Crippen MR) is 110 cm³/mol. The average Bonchev–Trinajstić information content (AvgIpc) is 3.24. The average molecular weight is 440 g/mol. The van der Waals surface area contributed by atoms with Crippen molar-refractivity contribution in [1.82, 2.24) is 4.90 Å². The highest BCUT2D eigenvalue weighted by atomic mass is 79.9. The number of amides is 2. The van der Waals surface area contributed by atoms with Crippen molar-refractivity contribution >= 4 is 44.9 Å². The van der Waals surface area contributed by atoms with E-state index in [0.29, 0.717) is 16.4 Å². The molecule has 6 heteroatoms. The Hall–Kier alpha value is -2.57. The van der Waals surface area contributed by atoms with Crippen LogP contribution in [0.5, 0.6) is 0 Å². The summed E-state index contributed by atoms with van der Waals surface area (Å²) in [5.41, 5.74) is 1.85. The molecule has 2 heterocycles. The quantitative estimate of drug-likeness (QED) is 0.471. The maximum Gasteiger partial charge on any atom is 0.293 e. The van der Waals surface area contributed by atoms with Crippen molar-refractivity contribution < 1.29 is 14.0 Å². The molecule has 0 aliphatic carbocycles. The van der Waals surface area contributed by atoms with Crippen molar-refractivity contribution in [1.29, 1.82) is 0 Å². The predicted octanol–water partition coefficient (Wildman–Crippen LogP) is 5.95. The Morgan fingerprint density at radius 2 is 1.70 bits per heavy atom. The molecule has 1 fully saturated rings. The van der Waals surface area contributed by atoms with Gasteiger partial charge in [-0.25, -0.2) is 0 Å². The van der Waals surface area contributed by atoms with Gasteiger partial charge in [0.05, 0.1) is 11.4 Å². The largest absolute Gasteiger partial charge is 0.457 e. The summed E-state index contributed by atoms with van der Waals surface area (Å²) in [5.74, 6) is 0.950. The number of imide groups is 1. The lowest BCUT2D eigenvalue weighted by Crippen LogP contribution is -2.27. The van der Waals surface area contributed by atoms with Gasteiger partial charge in [0, 0.05) is 16.1 Å². The number of rotatable bonds is 4. The number of carbonyl (C=O) groups is 2. The molecule has 2 aromatic carbocycles.